The van der Waals surface area contributed by atoms with Crippen LogP contribution in [0.3, 0.4) is 0 Å². The fourth-order valence-electron chi connectivity index (χ4n) is 0.248. The van der Waals surface area contributed by atoms with E-state index in [0.717, 1.165) is 0 Å². The normalized spacial score (nSPS) is 6.67. The molecule has 0 aliphatic carbocycles. The summed E-state index contributed by atoms with van der Waals surface area (Å²) >= 11 is 0. The van der Waals surface area contributed by atoms with Crippen molar-refractivity contribution in [2.75, 3.05) is 7.05 Å². The van der Waals surface area contributed by atoms with Crippen molar-refractivity contribution < 1.29 is 9.59 Å². The van der Waals surface area contributed by atoms with Crippen LogP contribution in [0.1, 0.15) is 13.8 Å². The number of imide groups is 1. The van der Waals surface area contributed by atoms with E-state index in [9.17, 15) is 9.59 Å². The van der Waals surface area contributed by atoms with Crippen molar-refractivity contribution in [1.82, 2.24) is 5.32 Å². The second kappa shape index (κ2) is 7.10. The highest BCUT2D eigenvalue weighted by atomic mass is 16.2. The first-order valence-electron chi connectivity index (χ1n) is 2.49. The van der Waals surface area contributed by atoms with Crippen LogP contribution in [-0.4, -0.2) is 18.9 Å². The first kappa shape index (κ1) is 11.0. The van der Waals surface area contributed by atoms with Gasteiger partial charge in [0.05, 0.1) is 0 Å². The number of hydrogen-bond donors (Lipinski definition) is 2. The van der Waals surface area contributed by atoms with Gasteiger partial charge >= 0.3 is 0 Å². The molecule has 9 heavy (non-hydrogen) atoms. The van der Waals surface area contributed by atoms with Crippen LogP contribution >= 0.6 is 0 Å². The van der Waals surface area contributed by atoms with Crippen LogP contribution in [0, 0.1) is 0 Å². The number of nitrogens with two attached hydrogens (primary N) is 1. The van der Waals surface area contributed by atoms with Crippen LogP contribution in [0.15, 0.2) is 0 Å². The monoisotopic (exact) mass is 132 g/mol. The minimum absolute atomic E-state index is 0.312. The Kier molecular flexibility index (Phi) is 8.66. The second-order valence-electron chi connectivity index (χ2n) is 1.24. The number of rotatable bonds is 0. The lowest BCUT2D eigenvalue weighted by atomic mass is 10.6. The van der Waals surface area contributed by atoms with Crippen molar-refractivity contribution in [1.29, 1.82) is 0 Å². The maximum Gasteiger partial charge on any atom is 0.223 e. The van der Waals surface area contributed by atoms with Crippen molar-refractivity contribution in [3.63, 3.8) is 0 Å². The average Bonchev–Trinajstić information content (AvgIpc) is 1.68. The number of carbonyl (C=O) groups is 2. The fraction of sp³-hybridized carbons (Fsp3) is 0.600. The molecule has 0 aromatic rings. The smallest absolute Gasteiger partial charge is 0.223 e. The Bertz CT molecular complexity index is 89.1. The zero-order chi connectivity index (χ0) is 7.86. The summed E-state index contributed by atoms with van der Waals surface area (Å²) in [6.07, 6.45) is 0. The van der Waals surface area contributed by atoms with Crippen LogP contribution in [0.2, 0.25) is 0 Å². The molecule has 0 saturated heterocycles. The molecule has 0 saturated carbocycles. The zero-order valence-electron chi connectivity index (χ0n) is 5.89. The minimum atomic E-state index is -0.312. The molecule has 0 atom stereocenters. The molecular weight excluding hydrogens is 120 g/mol. The summed E-state index contributed by atoms with van der Waals surface area (Å²) in [5.41, 5.74) is 4.50. The van der Waals surface area contributed by atoms with Gasteiger partial charge in [-0.2, -0.15) is 0 Å². The standard InChI is InChI=1S/C4H7NO2.CH5N/c1-3(6)5-4(2)7;1-2/h1-2H3,(H,5,6,7);2H2,1H3. The molecule has 2 amide bonds. The van der Waals surface area contributed by atoms with E-state index in [4.69, 9.17) is 0 Å². The highest BCUT2D eigenvalue weighted by molar-refractivity contribution is 5.92. The lowest BCUT2D eigenvalue weighted by molar-refractivity contribution is -0.127. The Hall–Kier alpha value is -0.900. The van der Waals surface area contributed by atoms with Crippen LogP contribution in [0.5, 0.6) is 0 Å². The molecule has 0 spiro atoms. The van der Waals surface area contributed by atoms with Crippen molar-refractivity contribution in [2.45, 2.75) is 13.8 Å². The molecule has 4 heteroatoms. The molecule has 0 aromatic heterocycles. The van der Waals surface area contributed by atoms with E-state index >= 15 is 0 Å². The number of carbonyl (C=O) groups excluding carboxylic acids is 2. The molecule has 4 nitrogen and oxygen atoms in total. The maximum absolute atomic E-state index is 9.92. The quantitative estimate of drug-likeness (QED) is 0.455. The molecule has 54 valence electrons. The summed E-state index contributed by atoms with van der Waals surface area (Å²) < 4.78 is 0. The van der Waals surface area contributed by atoms with Gasteiger partial charge in [-0.3, -0.25) is 14.9 Å². The van der Waals surface area contributed by atoms with Crippen LogP contribution in [-0.2, 0) is 9.59 Å². The Morgan fingerprint density at radius 1 is 1.11 bits per heavy atom. The van der Waals surface area contributed by atoms with Gasteiger partial charge in [0.2, 0.25) is 11.8 Å². The van der Waals surface area contributed by atoms with E-state index in [2.05, 4.69) is 5.73 Å². The van der Waals surface area contributed by atoms with Crippen molar-refractivity contribution >= 4 is 11.8 Å². The van der Waals surface area contributed by atoms with E-state index < -0.39 is 0 Å². The highest BCUT2D eigenvalue weighted by Gasteiger charge is 1.90. The molecule has 0 unspecified atom stereocenters. The van der Waals surface area contributed by atoms with Gasteiger partial charge in [-0.05, 0) is 7.05 Å². The number of nitrogens with one attached hydrogen (secondary N) is 1. The van der Waals surface area contributed by atoms with Crippen molar-refractivity contribution in [3.8, 4) is 0 Å². The third-order valence-corrected chi connectivity index (χ3v) is 0.352. The first-order valence-corrected chi connectivity index (χ1v) is 2.49. The number of amides is 2. The Morgan fingerprint density at radius 3 is 1.33 bits per heavy atom. The summed E-state index contributed by atoms with van der Waals surface area (Å²) in [5.74, 6) is -0.625. The maximum atomic E-state index is 9.92. The van der Waals surface area contributed by atoms with E-state index in [0.29, 0.717) is 0 Å². The SMILES string of the molecule is CC(=O)NC(C)=O.CN. The van der Waals surface area contributed by atoms with E-state index in [1.807, 2.05) is 5.32 Å². The van der Waals surface area contributed by atoms with E-state index in [-0.39, 0.29) is 11.8 Å². The molecule has 0 radical (unpaired) electrons. The molecule has 0 aliphatic heterocycles. The molecule has 0 rings (SSSR count). The van der Waals surface area contributed by atoms with Gasteiger partial charge in [-0.1, -0.05) is 0 Å². The van der Waals surface area contributed by atoms with Crippen LogP contribution in [0.4, 0.5) is 0 Å². The molecule has 0 aromatic carbocycles. The second-order valence-corrected chi connectivity index (χ2v) is 1.24. The van der Waals surface area contributed by atoms with E-state index in [1.54, 1.807) is 0 Å². The largest absolute Gasteiger partial charge is 0.333 e. The van der Waals surface area contributed by atoms with Crippen LogP contribution in [0.25, 0.3) is 0 Å². The lowest BCUT2D eigenvalue weighted by Crippen LogP contribution is -2.24. The van der Waals surface area contributed by atoms with Gasteiger partial charge in [-0.15, -0.1) is 0 Å². The van der Waals surface area contributed by atoms with Gasteiger partial charge in [0.15, 0.2) is 0 Å². The van der Waals surface area contributed by atoms with Gasteiger partial charge < -0.3 is 5.73 Å². The van der Waals surface area contributed by atoms with Gasteiger partial charge in [0.25, 0.3) is 0 Å². The Balaban J connectivity index is 0. The van der Waals surface area contributed by atoms with Crippen LogP contribution < -0.4 is 11.1 Å². The third-order valence-electron chi connectivity index (χ3n) is 0.352. The highest BCUT2D eigenvalue weighted by Crippen LogP contribution is 1.58. The van der Waals surface area contributed by atoms with Gasteiger partial charge in [0, 0.05) is 13.8 Å². The van der Waals surface area contributed by atoms with Gasteiger partial charge in [-0.25, -0.2) is 0 Å². The summed E-state index contributed by atoms with van der Waals surface area (Å²) in [5, 5.41) is 2.03. The Labute approximate surface area is 54.4 Å². The third kappa shape index (κ3) is 19.2. The summed E-state index contributed by atoms with van der Waals surface area (Å²) in [6, 6.07) is 0. The molecule has 3 N–H and O–H groups in total. The topological polar surface area (TPSA) is 72.2 Å². The summed E-state index contributed by atoms with van der Waals surface area (Å²) in [4.78, 5) is 19.8. The summed E-state index contributed by atoms with van der Waals surface area (Å²) in [7, 11) is 1.50. The first-order chi connectivity index (χ1) is 4.13. The molecule has 0 bridgehead atoms. The lowest BCUT2D eigenvalue weighted by Gasteiger charge is -1.88. The number of hydrogen-bond acceptors (Lipinski definition) is 3. The predicted octanol–water partition coefficient (Wildman–Crippen LogP) is -0.756. The molecule has 0 heterocycles. The van der Waals surface area contributed by atoms with Crippen molar-refractivity contribution in [3.05, 3.63) is 0 Å². The van der Waals surface area contributed by atoms with Gasteiger partial charge in [0.1, 0.15) is 0 Å². The van der Waals surface area contributed by atoms with E-state index in [1.165, 1.54) is 20.9 Å². The fourth-order valence-corrected chi connectivity index (χ4v) is 0.248. The summed E-state index contributed by atoms with van der Waals surface area (Å²) in [6.45, 7) is 2.59. The molecule has 0 aliphatic rings. The zero-order valence-corrected chi connectivity index (χ0v) is 5.89. The molecule has 0 fully saturated rings. The molecular formula is C5H12N2O2. The Morgan fingerprint density at radius 2 is 1.33 bits per heavy atom. The average molecular weight is 132 g/mol. The predicted molar refractivity (Wildman–Crippen MR) is 34.6 cm³/mol. The van der Waals surface area contributed by atoms with Crippen molar-refractivity contribution in [2.24, 2.45) is 5.73 Å². The minimum Gasteiger partial charge on any atom is -0.333 e.